The van der Waals surface area contributed by atoms with Crippen molar-refractivity contribution in [2.75, 3.05) is 6.54 Å². The lowest BCUT2D eigenvalue weighted by molar-refractivity contribution is -0.146. The Bertz CT molecular complexity index is 113. The molecule has 1 radical (unpaired) electrons. The first-order valence-corrected chi connectivity index (χ1v) is 2.52. The maximum atomic E-state index is 10.1. The molecule has 0 aromatic rings. The minimum atomic E-state index is -0.758. The molecule has 1 rings (SSSR count). The van der Waals surface area contributed by atoms with E-state index in [0.29, 0.717) is 0 Å². The molecule has 0 bridgehead atoms. The smallest absolute Gasteiger partial charge is 0.320 e. The van der Waals surface area contributed by atoms with E-state index in [2.05, 4.69) is 7.05 Å². The highest BCUT2D eigenvalue weighted by Crippen LogP contribution is 2.14. The molecule has 0 spiro atoms. The van der Waals surface area contributed by atoms with Gasteiger partial charge in [-0.05, 0) is 6.42 Å². The standard InChI is InChI=1S/C5H8NO2/c1-6-3-2-4(6)5(7)8/h4H,1-3H2,(H,7,8)/t4-/m1/s1. The van der Waals surface area contributed by atoms with Crippen molar-refractivity contribution in [3.63, 3.8) is 0 Å². The van der Waals surface area contributed by atoms with Crippen LogP contribution >= 0.6 is 0 Å². The first kappa shape index (κ1) is 5.56. The molecule has 3 nitrogen and oxygen atoms in total. The summed E-state index contributed by atoms with van der Waals surface area (Å²) in [7, 11) is 3.50. The lowest BCUT2D eigenvalue weighted by Crippen LogP contribution is -2.48. The van der Waals surface area contributed by atoms with Crippen molar-refractivity contribution in [3.05, 3.63) is 7.05 Å². The molecule has 8 heavy (non-hydrogen) atoms. The number of carboxylic acids is 1. The molecule has 1 atom stereocenters. The monoisotopic (exact) mass is 114 g/mol. The van der Waals surface area contributed by atoms with Gasteiger partial charge in [0.05, 0.1) is 0 Å². The van der Waals surface area contributed by atoms with E-state index in [1.54, 1.807) is 4.90 Å². The Hall–Kier alpha value is -0.570. The predicted octanol–water partition coefficient (Wildman–Crippen LogP) is -0.0631. The molecule has 0 amide bonds. The number of carbonyl (C=O) groups is 1. The first-order chi connectivity index (χ1) is 3.72. The minimum Gasteiger partial charge on any atom is -0.480 e. The second-order valence-electron chi connectivity index (χ2n) is 1.96. The van der Waals surface area contributed by atoms with Crippen LogP contribution in [0, 0.1) is 7.05 Å². The van der Waals surface area contributed by atoms with Crippen LogP contribution in [0.1, 0.15) is 6.42 Å². The van der Waals surface area contributed by atoms with Crippen LogP contribution in [-0.4, -0.2) is 28.6 Å². The lowest BCUT2D eigenvalue weighted by atomic mass is 10.1. The topological polar surface area (TPSA) is 40.5 Å². The average molecular weight is 114 g/mol. The van der Waals surface area contributed by atoms with Gasteiger partial charge in [-0.15, -0.1) is 0 Å². The lowest BCUT2D eigenvalue weighted by Gasteiger charge is -2.33. The van der Waals surface area contributed by atoms with E-state index in [1.807, 2.05) is 0 Å². The molecule has 1 fully saturated rings. The molecule has 1 aliphatic rings. The van der Waals surface area contributed by atoms with Gasteiger partial charge in [-0.3, -0.25) is 9.69 Å². The average Bonchev–Trinajstić information content (AvgIpc) is 1.61. The van der Waals surface area contributed by atoms with E-state index in [-0.39, 0.29) is 6.04 Å². The first-order valence-electron chi connectivity index (χ1n) is 2.52. The van der Waals surface area contributed by atoms with Crippen molar-refractivity contribution in [2.45, 2.75) is 12.5 Å². The maximum Gasteiger partial charge on any atom is 0.320 e. The van der Waals surface area contributed by atoms with E-state index >= 15 is 0 Å². The largest absolute Gasteiger partial charge is 0.480 e. The molecular formula is C5H8NO2. The number of aliphatic carboxylic acids is 1. The summed E-state index contributed by atoms with van der Waals surface area (Å²) in [5.41, 5.74) is 0. The summed E-state index contributed by atoms with van der Waals surface area (Å²) >= 11 is 0. The van der Waals surface area contributed by atoms with E-state index in [1.165, 1.54) is 0 Å². The number of nitrogens with zero attached hydrogens (tertiary/aromatic N) is 1. The number of likely N-dealkylation sites (tertiary alicyclic amines) is 1. The molecule has 0 aromatic carbocycles. The molecule has 1 N–H and O–H groups in total. The van der Waals surface area contributed by atoms with Crippen molar-refractivity contribution >= 4 is 5.97 Å². The van der Waals surface area contributed by atoms with Crippen molar-refractivity contribution in [2.24, 2.45) is 0 Å². The van der Waals surface area contributed by atoms with Gasteiger partial charge in [0.25, 0.3) is 0 Å². The molecule has 0 aromatic heterocycles. The second-order valence-corrected chi connectivity index (χ2v) is 1.96. The van der Waals surface area contributed by atoms with Gasteiger partial charge in [0.1, 0.15) is 6.04 Å². The van der Waals surface area contributed by atoms with Crippen molar-refractivity contribution in [3.8, 4) is 0 Å². The van der Waals surface area contributed by atoms with Gasteiger partial charge >= 0.3 is 5.97 Å². The number of carboxylic acid groups (broad SMARTS) is 1. The molecule has 0 aliphatic carbocycles. The Morgan fingerprint density at radius 1 is 1.88 bits per heavy atom. The molecule has 3 heteroatoms. The fraction of sp³-hybridized carbons (Fsp3) is 0.600. The Kier molecular flexibility index (Phi) is 1.21. The molecule has 45 valence electrons. The van der Waals surface area contributed by atoms with E-state index in [9.17, 15) is 4.79 Å². The molecule has 1 aliphatic heterocycles. The third-order valence-electron chi connectivity index (χ3n) is 1.42. The highest BCUT2D eigenvalue weighted by atomic mass is 16.4. The number of rotatable bonds is 1. The fourth-order valence-electron chi connectivity index (χ4n) is 0.720. The summed E-state index contributed by atoms with van der Waals surface area (Å²) in [5.74, 6) is -0.758. The van der Waals surface area contributed by atoms with Gasteiger partial charge in [0.2, 0.25) is 0 Å². The highest BCUT2D eigenvalue weighted by Gasteiger charge is 2.30. The summed E-state index contributed by atoms with van der Waals surface area (Å²) in [6.45, 7) is 0.816. The summed E-state index contributed by atoms with van der Waals surface area (Å²) in [5, 5.41) is 8.32. The third kappa shape index (κ3) is 0.690. The zero-order chi connectivity index (χ0) is 6.15. The number of hydrogen-bond acceptors (Lipinski definition) is 2. The summed E-state index contributed by atoms with van der Waals surface area (Å²) < 4.78 is 0. The second kappa shape index (κ2) is 1.74. The molecule has 1 heterocycles. The number of hydrogen-bond donors (Lipinski definition) is 1. The summed E-state index contributed by atoms with van der Waals surface area (Å²) in [4.78, 5) is 11.7. The predicted molar refractivity (Wildman–Crippen MR) is 28.1 cm³/mol. The van der Waals surface area contributed by atoms with E-state index < -0.39 is 5.97 Å². The van der Waals surface area contributed by atoms with Gasteiger partial charge < -0.3 is 5.11 Å². The van der Waals surface area contributed by atoms with Gasteiger partial charge in [-0.2, -0.15) is 0 Å². The molecule has 1 saturated heterocycles. The van der Waals surface area contributed by atoms with Gasteiger partial charge in [0, 0.05) is 13.6 Å². The van der Waals surface area contributed by atoms with Crippen molar-refractivity contribution in [1.29, 1.82) is 0 Å². The normalized spacial score (nSPS) is 29.4. The van der Waals surface area contributed by atoms with Crippen LogP contribution in [0.15, 0.2) is 0 Å². The van der Waals surface area contributed by atoms with Crippen LogP contribution in [0.2, 0.25) is 0 Å². The Balaban J connectivity index is 2.37. The van der Waals surface area contributed by atoms with Crippen LogP contribution in [0.3, 0.4) is 0 Å². The van der Waals surface area contributed by atoms with Crippen LogP contribution in [0.5, 0.6) is 0 Å². The minimum absolute atomic E-state index is 0.310. The van der Waals surface area contributed by atoms with Gasteiger partial charge in [0.15, 0.2) is 0 Å². The SMILES string of the molecule is [CH2]N1CC[C@@H]1C(=O)O. The maximum absolute atomic E-state index is 10.1. The Morgan fingerprint density at radius 3 is 2.50 bits per heavy atom. The zero-order valence-corrected chi connectivity index (χ0v) is 4.50. The fourth-order valence-corrected chi connectivity index (χ4v) is 0.720. The summed E-state index contributed by atoms with van der Waals surface area (Å²) in [6.07, 6.45) is 0.749. The van der Waals surface area contributed by atoms with Gasteiger partial charge in [-0.25, -0.2) is 0 Å². The van der Waals surface area contributed by atoms with Gasteiger partial charge in [-0.1, -0.05) is 0 Å². The molecular weight excluding hydrogens is 106 g/mol. The van der Waals surface area contributed by atoms with Crippen molar-refractivity contribution in [1.82, 2.24) is 4.90 Å². The van der Waals surface area contributed by atoms with Crippen LogP contribution in [-0.2, 0) is 4.79 Å². The van der Waals surface area contributed by atoms with Crippen LogP contribution in [0.25, 0.3) is 0 Å². The summed E-state index contributed by atoms with van der Waals surface area (Å²) in [6, 6.07) is -0.310. The third-order valence-corrected chi connectivity index (χ3v) is 1.42. The Morgan fingerprint density at radius 2 is 2.50 bits per heavy atom. The van der Waals surface area contributed by atoms with Crippen LogP contribution < -0.4 is 0 Å². The van der Waals surface area contributed by atoms with Crippen LogP contribution in [0.4, 0.5) is 0 Å². The van der Waals surface area contributed by atoms with E-state index in [4.69, 9.17) is 5.11 Å². The molecule has 0 unspecified atom stereocenters. The zero-order valence-electron chi connectivity index (χ0n) is 4.50. The van der Waals surface area contributed by atoms with E-state index in [0.717, 1.165) is 13.0 Å². The highest BCUT2D eigenvalue weighted by molar-refractivity contribution is 5.74. The Labute approximate surface area is 47.9 Å². The van der Waals surface area contributed by atoms with Crippen molar-refractivity contribution < 1.29 is 9.90 Å². The molecule has 0 saturated carbocycles. The quantitative estimate of drug-likeness (QED) is 0.519.